The molecule has 0 spiro atoms. The normalized spacial score (nSPS) is 12.4. The van der Waals surface area contributed by atoms with E-state index in [1.54, 1.807) is 18.5 Å². The number of hydrogen-bond donors (Lipinski definition) is 2. The number of nitrogens with zero attached hydrogens (tertiary/aromatic N) is 2. The predicted molar refractivity (Wildman–Crippen MR) is 147 cm³/mol. The van der Waals surface area contributed by atoms with Crippen LogP contribution in [-0.4, -0.2) is 47.0 Å². The van der Waals surface area contributed by atoms with Crippen molar-refractivity contribution in [3.8, 4) is 16.9 Å². The topological polar surface area (TPSA) is 109 Å². The SMILES string of the molecule is Cc1cnccc1-c1cccc(C(C)(C)N(CCCC(=O)NCS(=O)(=O)O)Sc2ccccc2OC(F)(F)F)c1. The number of carbonyl (C=O) groups is 1. The molecule has 2 N–H and O–H groups in total. The van der Waals surface area contributed by atoms with Crippen LogP contribution in [0.4, 0.5) is 13.2 Å². The van der Waals surface area contributed by atoms with Gasteiger partial charge in [0.15, 0.2) is 0 Å². The maximum atomic E-state index is 13.1. The highest BCUT2D eigenvalue weighted by atomic mass is 32.2. The van der Waals surface area contributed by atoms with Gasteiger partial charge in [-0.25, -0.2) is 4.31 Å². The molecule has 0 aliphatic heterocycles. The first-order chi connectivity index (χ1) is 18.7. The molecule has 0 radical (unpaired) electrons. The number of pyridine rings is 1. The molecule has 40 heavy (non-hydrogen) atoms. The number of nitrogens with one attached hydrogen (secondary N) is 1. The molecule has 0 saturated heterocycles. The van der Waals surface area contributed by atoms with Crippen LogP contribution < -0.4 is 10.1 Å². The van der Waals surface area contributed by atoms with Crippen LogP contribution in [0.1, 0.15) is 37.8 Å². The van der Waals surface area contributed by atoms with Crippen molar-refractivity contribution in [2.75, 3.05) is 12.4 Å². The number of benzene rings is 2. The number of hydrogen-bond acceptors (Lipinski definition) is 7. The summed E-state index contributed by atoms with van der Waals surface area (Å²) < 4.78 is 76.1. The molecular formula is C27H30F3N3O5S2. The lowest BCUT2D eigenvalue weighted by Gasteiger charge is -2.38. The largest absolute Gasteiger partial charge is 0.573 e. The van der Waals surface area contributed by atoms with Gasteiger partial charge in [-0.05, 0) is 85.7 Å². The van der Waals surface area contributed by atoms with E-state index in [0.717, 1.165) is 34.2 Å². The van der Waals surface area contributed by atoms with E-state index in [-0.39, 0.29) is 30.0 Å². The lowest BCUT2D eigenvalue weighted by atomic mass is 9.90. The van der Waals surface area contributed by atoms with Crippen molar-refractivity contribution < 1.29 is 35.7 Å². The summed E-state index contributed by atoms with van der Waals surface area (Å²) >= 11 is 1.06. The van der Waals surface area contributed by atoms with E-state index in [9.17, 15) is 26.4 Å². The van der Waals surface area contributed by atoms with Crippen molar-refractivity contribution >= 4 is 28.0 Å². The monoisotopic (exact) mass is 597 g/mol. The zero-order chi connectivity index (χ0) is 29.6. The van der Waals surface area contributed by atoms with E-state index in [4.69, 9.17) is 4.55 Å². The molecule has 13 heteroatoms. The first-order valence-corrected chi connectivity index (χ1v) is 14.6. The quantitative estimate of drug-likeness (QED) is 0.195. The summed E-state index contributed by atoms with van der Waals surface area (Å²) in [7, 11) is -4.37. The standard InChI is InChI=1S/C27H30F3N3O5S2/c1-19-17-31-14-13-22(19)20-8-6-9-21(16-20)26(2,3)33(15-7-12-25(34)32-18-40(35,36)37)39-24-11-5-4-10-23(24)38-27(28,29)30/h4-6,8-11,13-14,16-17H,7,12,15,18H2,1-3H3,(H,32,34)(H,35,36,37). The van der Waals surface area contributed by atoms with Gasteiger partial charge in [-0.1, -0.05) is 30.3 Å². The molecule has 0 fully saturated rings. The average molecular weight is 598 g/mol. The third-order valence-electron chi connectivity index (χ3n) is 6.02. The molecule has 3 rings (SSSR count). The third kappa shape index (κ3) is 9.22. The molecule has 3 aromatic rings. The minimum atomic E-state index is -4.88. The summed E-state index contributed by atoms with van der Waals surface area (Å²) in [4.78, 5) is 16.5. The number of aryl methyl sites for hydroxylation is 1. The molecule has 0 unspecified atom stereocenters. The highest BCUT2D eigenvalue weighted by Gasteiger charge is 2.34. The second kappa shape index (κ2) is 13.0. The number of alkyl halides is 3. The van der Waals surface area contributed by atoms with Gasteiger partial charge in [-0.3, -0.25) is 14.3 Å². The smallest absolute Gasteiger partial charge is 0.405 e. The van der Waals surface area contributed by atoms with Gasteiger partial charge < -0.3 is 10.1 Å². The van der Waals surface area contributed by atoms with Crippen molar-refractivity contribution in [3.05, 3.63) is 78.1 Å². The van der Waals surface area contributed by atoms with Gasteiger partial charge in [0.05, 0.1) is 10.4 Å². The van der Waals surface area contributed by atoms with Gasteiger partial charge in [-0.15, -0.1) is 13.2 Å². The average Bonchev–Trinajstić information content (AvgIpc) is 2.87. The first kappa shape index (κ1) is 31.4. The molecule has 1 amide bonds. The minimum absolute atomic E-state index is 0.0698. The van der Waals surface area contributed by atoms with Gasteiger partial charge in [0, 0.05) is 25.4 Å². The van der Waals surface area contributed by atoms with Crippen LogP contribution in [0, 0.1) is 6.92 Å². The van der Waals surface area contributed by atoms with Crippen molar-refractivity contribution in [3.63, 3.8) is 0 Å². The maximum Gasteiger partial charge on any atom is 0.573 e. The van der Waals surface area contributed by atoms with E-state index in [2.05, 4.69) is 15.0 Å². The molecule has 0 bridgehead atoms. The van der Waals surface area contributed by atoms with E-state index >= 15 is 0 Å². The summed E-state index contributed by atoms with van der Waals surface area (Å²) in [6.45, 7) is 6.04. The summed E-state index contributed by atoms with van der Waals surface area (Å²) in [6.07, 6.45) is -1.23. The van der Waals surface area contributed by atoms with E-state index in [0.29, 0.717) is 0 Å². The molecule has 216 valence electrons. The molecule has 0 aliphatic carbocycles. The van der Waals surface area contributed by atoms with Gasteiger partial charge in [0.2, 0.25) is 5.91 Å². The highest BCUT2D eigenvalue weighted by Crippen LogP contribution is 2.42. The van der Waals surface area contributed by atoms with Crippen LogP contribution in [-0.2, 0) is 20.5 Å². The van der Waals surface area contributed by atoms with E-state index in [1.807, 2.05) is 55.4 Å². The fourth-order valence-corrected chi connectivity index (χ4v) is 5.42. The number of para-hydroxylation sites is 1. The summed E-state index contributed by atoms with van der Waals surface area (Å²) in [5.41, 5.74) is 3.04. The molecule has 0 saturated carbocycles. The van der Waals surface area contributed by atoms with Gasteiger partial charge in [0.1, 0.15) is 11.6 Å². The summed E-state index contributed by atoms with van der Waals surface area (Å²) in [5.74, 6) is -1.84. The maximum absolute atomic E-state index is 13.1. The lowest BCUT2D eigenvalue weighted by molar-refractivity contribution is -0.275. The number of halogens is 3. The Balaban J connectivity index is 1.91. The molecule has 0 atom stereocenters. The Morgan fingerprint density at radius 1 is 1.12 bits per heavy atom. The minimum Gasteiger partial charge on any atom is -0.405 e. The van der Waals surface area contributed by atoms with Gasteiger partial charge in [0.25, 0.3) is 10.1 Å². The number of amides is 1. The van der Waals surface area contributed by atoms with E-state index in [1.165, 1.54) is 18.2 Å². The van der Waals surface area contributed by atoms with Crippen LogP contribution in [0.5, 0.6) is 5.75 Å². The molecule has 8 nitrogen and oxygen atoms in total. The molecule has 0 aliphatic rings. The van der Waals surface area contributed by atoms with Crippen LogP contribution >= 0.6 is 11.9 Å². The zero-order valence-electron chi connectivity index (χ0n) is 22.1. The van der Waals surface area contributed by atoms with Crippen LogP contribution in [0.15, 0.2) is 71.9 Å². The molecule has 1 aromatic heterocycles. The molecule has 2 aromatic carbocycles. The number of carbonyl (C=O) groups excluding carboxylic acids is 1. The Labute approximate surface area is 235 Å². The highest BCUT2D eigenvalue weighted by molar-refractivity contribution is 7.97. The van der Waals surface area contributed by atoms with Crippen LogP contribution in [0.25, 0.3) is 11.1 Å². The number of ether oxygens (including phenoxy) is 1. The number of aromatic nitrogens is 1. The fourth-order valence-electron chi connectivity index (χ4n) is 3.94. The van der Waals surface area contributed by atoms with Crippen LogP contribution in [0.3, 0.4) is 0 Å². The van der Waals surface area contributed by atoms with Crippen molar-refractivity contribution in [1.82, 2.24) is 14.6 Å². The van der Waals surface area contributed by atoms with Crippen molar-refractivity contribution in [1.29, 1.82) is 0 Å². The predicted octanol–water partition coefficient (Wildman–Crippen LogP) is 5.94. The van der Waals surface area contributed by atoms with Gasteiger partial charge >= 0.3 is 6.36 Å². The second-order valence-corrected chi connectivity index (χ2v) is 12.0. The Kier molecular flexibility index (Phi) is 10.2. The Morgan fingerprint density at radius 2 is 1.85 bits per heavy atom. The van der Waals surface area contributed by atoms with Crippen molar-refractivity contribution in [2.24, 2.45) is 0 Å². The summed E-state index contributed by atoms with van der Waals surface area (Å²) in [5, 5.41) is 2.13. The molecular weight excluding hydrogens is 567 g/mol. The fraction of sp³-hybridized carbons (Fsp3) is 0.333. The lowest BCUT2D eigenvalue weighted by Crippen LogP contribution is -2.38. The third-order valence-corrected chi connectivity index (χ3v) is 7.93. The van der Waals surface area contributed by atoms with Gasteiger partial charge in [-0.2, -0.15) is 8.42 Å². The van der Waals surface area contributed by atoms with Crippen molar-refractivity contribution in [2.45, 2.75) is 50.4 Å². The zero-order valence-corrected chi connectivity index (χ0v) is 23.7. The Morgan fingerprint density at radius 3 is 2.52 bits per heavy atom. The molecule has 1 heterocycles. The first-order valence-electron chi connectivity index (χ1n) is 12.2. The Hall–Kier alpha value is -3.13. The Bertz CT molecular complexity index is 1430. The van der Waals surface area contributed by atoms with E-state index < -0.39 is 33.8 Å². The summed E-state index contributed by atoms with van der Waals surface area (Å²) in [6, 6.07) is 15.5. The number of rotatable bonds is 12. The van der Waals surface area contributed by atoms with Crippen LogP contribution in [0.2, 0.25) is 0 Å². The second-order valence-electron chi connectivity index (χ2n) is 9.45.